The van der Waals surface area contributed by atoms with Gasteiger partial charge in [-0.2, -0.15) is 0 Å². The first-order valence-electron chi connectivity index (χ1n) is 8.54. The van der Waals surface area contributed by atoms with Crippen LogP contribution in [0, 0.1) is 24.4 Å². The summed E-state index contributed by atoms with van der Waals surface area (Å²) in [4.78, 5) is 20.5. The van der Waals surface area contributed by atoms with Crippen molar-refractivity contribution in [3.8, 4) is 0 Å². The van der Waals surface area contributed by atoms with Gasteiger partial charge in [0.25, 0.3) is 5.91 Å². The Morgan fingerprint density at radius 1 is 1.07 bits per heavy atom. The normalized spacial score (nSPS) is 10.6. The van der Waals surface area contributed by atoms with Gasteiger partial charge >= 0.3 is 0 Å². The van der Waals surface area contributed by atoms with Gasteiger partial charge in [0.05, 0.1) is 5.69 Å². The van der Waals surface area contributed by atoms with E-state index >= 15 is 0 Å². The van der Waals surface area contributed by atoms with Crippen molar-refractivity contribution in [2.45, 2.75) is 20.3 Å². The predicted octanol–water partition coefficient (Wildman–Crippen LogP) is 4.76. The van der Waals surface area contributed by atoms with Crippen LogP contribution in [-0.4, -0.2) is 15.9 Å². The fourth-order valence-electron chi connectivity index (χ4n) is 2.67. The maximum absolute atomic E-state index is 13.8. The van der Waals surface area contributed by atoms with Gasteiger partial charge in [-0.3, -0.25) is 4.79 Å². The Bertz CT molecular complexity index is 1040. The third-order valence-corrected chi connectivity index (χ3v) is 4.15. The first-order valence-corrected chi connectivity index (χ1v) is 8.54. The van der Waals surface area contributed by atoms with Crippen LogP contribution < -0.4 is 10.6 Å². The van der Waals surface area contributed by atoms with E-state index in [-0.39, 0.29) is 17.3 Å². The second-order valence-electron chi connectivity index (χ2n) is 6.03. The second-order valence-corrected chi connectivity index (χ2v) is 6.03. The zero-order valence-electron chi connectivity index (χ0n) is 15.2. The molecule has 8 heteroatoms. The van der Waals surface area contributed by atoms with Crippen LogP contribution in [0.4, 0.5) is 30.5 Å². The van der Waals surface area contributed by atoms with Crippen molar-refractivity contribution in [1.82, 2.24) is 9.97 Å². The van der Waals surface area contributed by atoms with Crippen molar-refractivity contribution in [1.29, 1.82) is 0 Å². The van der Waals surface area contributed by atoms with E-state index in [9.17, 15) is 18.0 Å². The third-order valence-electron chi connectivity index (χ3n) is 4.15. The predicted molar refractivity (Wildman–Crippen MR) is 100 cm³/mol. The van der Waals surface area contributed by atoms with E-state index in [1.807, 2.05) is 32.0 Å². The number of carbonyl (C=O) groups excluding carboxylic acids is 1. The topological polar surface area (TPSA) is 66.9 Å². The number of carbonyl (C=O) groups is 1. The molecule has 0 aliphatic heterocycles. The Morgan fingerprint density at radius 2 is 1.86 bits per heavy atom. The lowest BCUT2D eigenvalue weighted by Gasteiger charge is -2.13. The Kier molecular flexibility index (Phi) is 5.58. The van der Waals surface area contributed by atoms with E-state index in [0.29, 0.717) is 5.69 Å². The Hall–Kier alpha value is -3.42. The summed E-state index contributed by atoms with van der Waals surface area (Å²) in [5, 5.41) is 5.27. The number of rotatable bonds is 5. The lowest BCUT2D eigenvalue weighted by Crippen LogP contribution is -2.16. The summed E-state index contributed by atoms with van der Waals surface area (Å²) in [5.41, 5.74) is 2.28. The highest BCUT2D eigenvalue weighted by atomic mass is 19.2. The molecular weight excluding hydrogens is 369 g/mol. The summed E-state index contributed by atoms with van der Waals surface area (Å²) in [6.45, 7) is 3.86. The van der Waals surface area contributed by atoms with Crippen LogP contribution >= 0.6 is 0 Å². The SMILES string of the molecule is CCc1cccc(C)c1NC(=O)c1ccnc(Nc2ccc(F)c(F)c2F)n1. The second kappa shape index (κ2) is 8.08. The highest BCUT2D eigenvalue weighted by Gasteiger charge is 2.16. The molecule has 3 aromatic rings. The molecule has 0 bridgehead atoms. The lowest BCUT2D eigenvalue weighted by molar-refractivity contribution is 0.102. The largest absolute Gasteiger partial charge is 0.322 e. The number of nitrogens with one attached hydrogen (secondary N) is 2. The van der Waals surface area contributed by atoms with E-state index in [1.54, 1.807) is 0 Å². The molecule has 0 aliphatic rings. The molecular formula is C20H17F3N4O. The molecule has 0 atom stereocenters. The fraction of sp³-hybridized carbons (Fsp3) is 0.150. The molecule has 3 rings (SSSR count). The van der Waals surface area contributed by atoms with Crippen molar-refractivity contribution in [2.75, 3.05) is 10.6 Å². The van der Waals surface area contributed by atoms with E-state index in [1.165, 1.54) is 12.3 Å². The first-order chi connectivity index (χ1) is 13.4. The van der Waals surface area contributed by atoms with Crippen molar-refractivity contribution in [3.63, 3.8) is 0 Å². The van der Waals surface area contributed by atoms with Gasteiger partial charge in [0.15, 0.2) is 17.5 Å². The van der Waals surface area contributed by atoms with Gasteiger partial charge in [-0.25, -0.2) is 23.1 Å². The maximum atomic E-state index is 13.8. The van der Waals surface area contributed by atoms with Crippen LogP contribution in [0.2, 0.25) is 0 Å². The molecule has 0 unspecified atom stereocenters. The number of aryl methyl sites for hydroxylation is 2. The average Bonchev–Trinajstić information content (AvgIpc) is 2.70. The van der Waals surface area contributed by atoms with Crippen LogP contribution in [0.25, 0.3) is 0 Å². The monoisotopic (exact) mass is 386 g/mol. The van der Waals surface area contributed by atoms with E-state index in [4.69, 9.17) is 0 Å². The lowest BCUT2D eigenvalue weighted by atomic mass is 10.1. The first kappa shape index (κ1) is 19.3. The number of aromatic nitrogens is 2. The molecule has 1 heterocycles. The Labute approximate surface area is 159 Å². The molecule has 28 heavy (non-hydrogen) atoms. The molecule has 5 nitrogen and oxygen atoms in total. The third kappa shape index (κ3) is 3.95. The summed E-state index contributed by atoms with van der Waals surface area (Å²) in [6, 6.07) is 8.90. The molecule has 0 saturated carbocycles. The molecule has 144 valence electrons. The molecule has 0 radical (unpaired) electrons. The van der Waals surface area contributed by atoms with Gasteiger partial charge in [0, 0.05) is 11.9 Å². The van der Waals surface area contributed by atoms with Gasteiger partial charge in [-0.1, -0.05) is 25.1 Å². The Morgan fingerprint density at radius 3 is 2.61 bits per heavy atom. The number of hydrogen-bond acceptors (Lipinski definition) is 4. The van der Waals surface area contributed by atoms with Crippen molar-refractivity contribution in [3.05, 3.63) is 76.9 Å². The summed E-state index contributed by atoms with van der Waals surface area (Å²) in [6.07, 6.45) is 2.05. The molecule has 2 N–H and O–H groups in total. The standard InChI is InChI=1S/C20H17F3N4O/c1-3-12-6-4-5-11(2)18(12)27-19(28)15-9-10-24-20(26-15)25-14-8-7-13(21)16(22)17(14)23/h4-10H,3H2,1-2H3,(H,27,28)(H,24,25,26). The molecule has 1 aromatic heterocycles. The fourth-order valence-corrected chi connectivity index (χ4v) is 2.67. The molecule has 0 spiro atoms. The zero-order chi connectivity index (χ0) is 20.3. The highest BCUT2D eigenvalue weighted by Crippen LogP contribution is 2.23. The van der Waals surface area contributed by atoms with E-state index < -0.39 is 23.4 Å². The number of amides is 1. The quantitative estimate of drug-likeness (QED) is 0.621. The van der Waals surface area contributed by atoms with Crippen molar-refractivity contribution >= 4 is 23.2 Å². The summed E-state index contributed by atoms with van der Waals surface area (Å²) < 4.78 is 40.2. The molecule has 0 saturated heterocycles. The maximum Gasteiger partial charge on any atom is 0.274 e. The van der Waals surface area contributed by atoms with Gasteiger partial charge in [0.1, 0.15) is 5.69 Å². The average molecular weight is 386 g/mol. The highest BCUT2D eigenvalue weighted by molar-refractivity contribution is 6.03. The summed E-state index contributed by atoms with van der Waals surface area (Å²) >= 11 is 0. The van der Waals surface area contributed by atoms with Crippen LogP contribution in [0.5, 0.6) is 0 Å². The molecule has 1 amide bonds. The van der Waals surface area contributed by atoms with Crippen LogP contribution in [0.3, 0.4) is 0 Å². The summed E-state index contributed by atoms with van der Waals surface area (Å²) in [7, 11) is 0. The van der Waals surface area contributed by atoms with Gasteiger partial charge in [-0.15, -0.1) is 0 Å². The molecule has 0 fully saturated rings. The van der Waals surface area contributed by atoms with Crippen LogP contribution in [0.15, 0.2) is 42.6 Å². The van der Waals surface area contributed by atoms with E-state index in [0.717, 1.165) is 29.7 Å². The molecule has 0 aliphatic carbocycles. The van der Waals surface area contributed by atoms with Crippen LogP contribution in [0.1, 0.15) is 28.5 Å². The van der Waals surface area contributed by atoms with Gasteiger partial charge < -0.3 is 10.6 Å². The van der Waals surface area contributed by atoms with E-state index in [2.05, 4.69) is 20.6 Å². The van der Waals surface area contributed by atoms with Crippen molar-refractivity contribution in [2.24, 2.45) is 0 Å². The zero-order valence-corrected chi connectivity index (χ0v) is 15.2. The number of halogens is 3. The number of anilines is 3. The smallest absolute Gasteiger partial charge is 0.274 e. The number of benzene rings is 2. The number of para-hydroxylation sites is 1. The van der Waals surface area contributed by atoms with Crippen LogP contribution in [-0.2, 0) is 6.42 Å². The minimum atomic E-state index is -1.61. The van der Waals surface area contributed by atoms with Gasteiger partial charge in [-0.05, 0) is 42.7 Å². The minimum Gasteiger partial charge on any atom is -0.322 e. The molecule has 2 aromatic carbocycles. The summed E-state index contributed by atoms with van der Waals surface area (Å²) in [5.74, 6) is -4.91. The Balaban J connectivity index is 1.84. The van der Waals surface area contributed by atoms with Gasteiger partial charge in [0.2, 0.25) is 5.95 Å². The number of nitrogens with zero attached hydrogens (tertiary/aromatic N) is 2. The minimum absolute atomic E-state index is 0.0331. The van der Waals surface area contributed by atoms with Crippen molar-refractivity contribution < 1.29 is 18.0 Å². The number of hydrogen-bond donors (Lipinski definition) is 2.